The SMILES string of the molecule is CC(C)(C)OC(=O)N1CC2(C1)OCc1cc(C(=O)CC(S)(c3ccc(Cl)nc3)C(F)(F)F)ccc12. The van der Waals surface area contributed by atoms with E-state index in [0.717, 1.165) is 17.8 Å². The second kappa shape index (κ2) is 8.67. The fraction of sp³-hybridized carbons (Fsp3) is 0.458. The molecule has 0 aliphatic carbocycles. The molecule has 1 atom stereocenters. The van der Waals surface area contributed by atoms with Crippen molar-refractivity contribution in [2.45, 2.75) is 55.9 Å². The minimum atomic E-state index is -4.82. The summed E-state index contributed by atoms with van der Waals surface area (Å²) in [6, 6.07) is 7.10. The summed E-state index contributed by atoms with van der Waals surface area (Å²) in [5.74, 6) is -0.722. The standard InChI is InChI=1S/C24H24ClF3N2O4S/c1-21(2,3)34-20(32)30-12-22(13-30)17-6-4-14(8-15(17)11-33-22)18(31)9-23(35,24(26,27)28)16-5-7-19(25)29-10-16/h4-8,10,35H,9,11-13H2,1-3H3. The fourth-order valence-corrected chi connectivity index (χ4v) is 4.62. The molecule has 1 unspecified atom stereocenters. The minimum Gasteiger partial charge on any atom is -0.444 e. The Morgan fingerprint density at radius 1 is 1.20 bits per heavy atom. The van der Waals surface area contributed by atoms with Gasteiger partial charge in [0.1, 0.15) is 21.1 Å². The second-order valence-corrected chi connectivity index (χ2v) is 11.0. The molecule has 188 valence electrons. The molecular formula is C24H24ClF3N2O4S. The zero-order valence-electron chi connectivity index (χ0n) is 19.3. The largest absolute Gasteiger partial charge is 0.444 e. The summed E-state index contributed by atoms with van der Waals surface area (Å²) in [4.78, 5) is 30.5. The van der Waals surface area contributed by atoms with E-state index < -0.39 is 40.4 Å². The number of aromatic nitrogens is 1. The van der Waals surface area contributed by atoms with Gasteiger partial charge >= 0.3 is 12.3 Å². The Labute approximate surface area is 211 Å². The number of halogens is 4. The average Bonchev–Trinajstić information content (AvgIpc) is 3.10. The lowest BCUT2D eigenvalue weighted by Crippen LogP contribution is -2.61. The highest BCUT2D eigenvalue weighted by Crippen LogP contribution is 2.48. The lowest BCUT2D eigenvalue weighted by Gasteiger charge is -2.47. The Balaban J connectivity index is 1.51. The lowest BCUT2D eigenvalue weighted by atomic mass is 9.84. The summed E-state index contributed by atoms with van der Waals surface area (Å²) in [6.07, 6.45) is -5.20. The van der Waals surface area contributed by atoms with E-state index >= 15 is 0 Å². The summed E-state index contributed by atoms with van der Waals surface area (Å²) in [5.41, 5.74) is 0.0312. The van der Waals surface area contributed by atoms with Crippen LogP contribution in [0.15, 0.2) is 36.5 Å². The predicted octanol–water partition coefficient (Wildman–Crippen LogP) is 5.67. The molecule has 2 aliphatic heterocycles. The normalized spacial score (nSPS) is 18.6. The van der Waals surface area contributed by atoms with Crippen LogP contribution in [-0.4, -0.2) is 46.6 Å². The van der Waals surface area contributed by atoms with Crippen LogP contribution in [0, 0.1) is 0 Å². The quantitative estimate of drug-likeness (QED) is 0.314. The number of amides is 1. The van der Waals surface area contributed by atoms with E-state index in [2.05, 4.69) is 17.6 Å². The third kappa shape index (κ3) is 4.88. The number of thiol groups is 1. The van der Waals surface area contributed by atoms with Crippen LogP contribution in [0.4, 0.5) is 18.0 Å². The average molecular weight is 529 g/mol. The highest BCUT2D eigenvalue weighted by atomic mass is 35.5. The molecule has 1 amide bonds. The van der Waals surface area contributed by atoms with Crippen molar-refractivity contribution in [1.29, 1.82) is 0 Å². The molecule has 3 heterocycles. The molecule has 6 nitrogen and oxygen atoms in total. The van der Waals surface area contributed by atoms with Crippen LogP contribution in [-0.2, 0) is 26.4 Å². The van der Waals surface area contributed by atoms with E-state index in [0.29, 0.717) is 18.7 Å². The first-order valence-corrected chi connectivity index (χ1v) is 11.7. The molecule has 0 bridgehead atoms. The van der Waals surface area contributed by atoms with Crippen molar-refractivity contribution in [3.63, 3.8) is 0 Å². The number of carbonyl (C=O) groups is 2. The van der Waals surface area contributed by atoms with Gasteiger partial charge in [0.2, 0.25) is 0 Å². The predicted molar refractivity (Wildman–Crippen MR) is 126 cm³/mol. The smallest absolute Gasteiger partial charge is 0.410 e. The summed E-state index contributed by atoms with van der Waals surface area (Å²) >= 11 is 9.60. The van der Waals surface area contributed by atoms with Crippen molar-refractivity contribution in [3.05, 3.63) is 63.9 Å². The van der Waals surface area contributed by atoms with Crippen LogP contribution < -0.4 is 0 Å². The molecule has 1 aromatic carbocycles. The molecule has 4 rings (SSSR count). The Kier molecular flexibility index (Phi) is 6.39. The fourth-order valence-electron chi connectivity index (χ4n) is 4.23. The first-order valence-electron chi connectivity index (χ1n) is 10.8. The van der Waals surface area contributed by atoms with Crippen LogP contribution in [0.2, 0.25) is 5.15 Å². The molecule has 1 aromatic heterocycles. The number of alkyl halides is 3. The second-order valence-electron chi connectivity index (χ2n) is 9.82. The molecule has 1 spiro atoms. The van der Waals surface area contributed by atoms with E-state index in [9.17, 15) is 22.8 Å². The van der Waals surface area contributed by atoms with Gasteiger partial charge < -0.3 is 14.4 Å². The van der Waals surface area contributed by atoms with Crippen molar-refractivity contribution in [2.75, 3.05) is 13.1 Å². The number of pyridine rings is 1. The van der Waals surface area contributed by atoms with Crippen LogP contribution >= 0.6 is 24.2 Å². The number of ether oxygens (including phenoxy) is 2. The van der Waals surface area contributed by atoms with Gasteiger partial charge in [-0.05, 0) is 49.6 Å². The maximum Gasteiger partial charge on any atom is 0.410 e. The van der Waals surface area contributed by atoms with Gasteiger partial charge in [0.25, 0.3) is 0 Å². The van der Waals surface area contributed by atoms with E-state index in [1.807, 2.05) is 0 Å². The van der Waals surface area contributed by atoms with Crippen molar-refractivity contribution >= 4 is 36.1 Å². The maximum absolute atomic E-state index is 14.0. The van der Waals surface area contributed by atoms with Crippen molar-refractivity contribution in [1.82, 2.24) is 9.88 Å². The summed E-state index contributed by atoms with van der Waals surface area (Å²) < 4.78 is 50.6. The van der Waals surface area contributed by atoms with Crippen molar-refractivity contribution in [3.8, 4) is 0 Å². The molecule has 0 radical (unpaired) electrons. The van der Waals surface area contributed by atoms with Gasteiger partial charge in [-0.1, -0.05) is 29.8 Å². The van der Waals surface area contributed by atoms with E-state index in [1.54, 1.807) is 32.9 Å². The van der Waals surface area contributed by atoms with Gasteiger partial charge in [0, 0.05) is 18.2 Å². The van der Waals surface area contributed by atoms with Crippen LogP contribution in [0.3, 0.4) is 0 Å². The zero-order valence-corrected chi connectivity index (χ0v) is 20.9. The Morgan fingerprint density at radius 2 is 1.89 bits per heavy atom. The summed E-state index contributed by atoms with van der Waals surface area (Å²) in [5, 5.41) is 0.0340. The number of benzene rings is 1. The molecule has 2 aromatic rings. The van der Waals surface area contributed by atoms with Gasteiger partial charge in [-0.25, -0.2) is 9.78 Å². The zero-order chi connectivity index (χ0) is 25.8. The maximum atomic E-state index is 14.0. The summed E-state index contributed by atoms with van der Waals surface area (Å²) in [7, 11) is 0. The van der Waals surface area contributed by atoms with Crippen LogP contribution in [0.5, 0.6) is 0 Å². The van der Waals surface area contributed by atoms with E-state index in [4.69, 9.17) is 21.1 Å². The first-order chi connectivity index (χ1) is 16.1. The number of ketones is 1. The van der Waals surface area contributed by atoms with Gasteiger partial charge in [0.05, 0.1) is 19.7 Å². The first kappa shape index (κ1) is 25.8. The van der Waals surface area contributed by atoms with Gasteiger partial charge in [-0.3, -0.25) is 4.79 Å². The molecule has 2 aliphatic rings. The Bertz CT molecular complexity index is 1160. The number of hydrogen-bond acceptors (Lipinski definition) is 6. The van der Waals surface area contributed by atoms with Crippen LogP contribution in [0.25, 0.3) is 0 Å². The lowest BCUT2D eigenvalue weighted by molar-refractivity contribution is -0.161. The van der Waals surface area contributed by atoms with Gasteiger partial charge in [-0.15, -0.1) is 0 Å². The molecule has 35 heavy (non-hydrogen) atoms. The van der Waals surface area contributed by atoms with Crippen molar-refractivity contribution < 1.29 is 32.2 Å². The number of fused-ring (bicyclic) bond motifs is 2. The number of hydrogen-bond donors (Lipinski definition) is 1. The number of Topliss-reactive ketones (excluding diaryl/α,β-unsaturated/α-hetero) is 1. The molecule has 0 saturated carbocycles. The van der Waals surface area contributed by atoms with E-state index in [1.165, 1.54) is 17.0 Å². The molecular weight excluding hydrogens is 505 g/mol. The number of likely N-dealkylation sites (tertiary alicyclic amines) is 1. The molecule has 11 heteroatoms. The van der Waals surface area contributed by atoms with Crippen LogP contribution in [0.1, 0.15) is 54.2 Å². The minimum absolute atomic E-state index is 0.0340. The Hall–Kier alpha value is -2.30. The number of nitrogens with zero attached hydrogens (tertiary/aromatic N) is 2. The van der Waals surface area contributed by atoms with Gasteiger partial charge in [0.15, 0.2) is 5.78 Å². The highest BCUT2D eigenvalue weighted by molar-refractivity contribution is 7.81. The van der Waals surface area contributed by atoms with Gasteiger partial charge in [-0.2, -0.15) is 25.8 Å². The molecule has 1 saturated heterocycles. The number of rotatable bonds is 4. The van der Waals surface area contributed by atoms with E-state index in [-0.39, 0.29) is 22.9 Å². The molecule has 1 fully saturated rings. The topological polar surface area (TPSA) is 68.7 Å². The monoisotopic (exact) mass is 528 g/mol. The Morgan fingerprint density at radius 3 is 2.46 bits per heavy atom. The third-order valence-corrected chi connectivity index (χ3v) is 6.95. The molecule has 0 N–H and O–H groups in total. The summed E-state index contributed by atoms with van der Waals surface area (Å²) in [6.45, 7) is 6.11. The third-order valence-electron chi connectivity index (χ3n) is 6.06. The number of carbonyl (C=O) groups excluding carboxylic acids is 2. The van der Waals surface area contributed by atoms with Crippen molar-refractivity contribution in [2.24, 2.45) is 0 Å². The highest BCUT2D eigenvalue weighted by Gasteiger charge is 2.55.